The van der Waals surface area contributed by atoms with Gasteiger partial charge in [0.25, 0.3) is 5.56 Å². The summed E-state index contributed by atoms with van der Waals surface area (Å²) in [6.45, 7) is 2.72. The second-order valence-electron chi connectivity index (χ2n) is 6.46. The minimum absolute atomic E-state index is 0.124. The van der Waals surface area contributed by atoms with E-state index in [0.717, 1.165) is 37.5 Å². The zero-order valence-corrected chi connectivity index (χ0v) is 14.6. The zero-order chi connectivity index (χ0) is 18.1. The van der Waals surface area contributed by atoms with Gasteiger partial charge in [0.2, 0.25) is 5.95 Å². The minimum atomic E-state index is -0.215. The van der Waals surface area contributed by atoms with Gasteiger partial charge in [-0.15, -0.1) is 0 Å². The van der Waals surface area contributed by atoms with E-state index in [4.69, 9.17) is 10.5 Å². The van der Waals surface area contributed by atoms with Crippen molar-refractivity contribution in [3.63, 3.8) is 0 Å². The summed E-state index contributed by atoms with van der Waals surface area (Å²) in [5, 5.41) is 0.538. The third kappa shape index (κ3) is 3.21. The van der Waals surface area contributed by atoms with Crippen molar-refractivity contribution in [3.05, 3.63) is 58.0 Å². The monoisotopic (exact) mass is 351 g/mol. The van der Waals surface area contributed by atoms with Gasteiger partial charge in [-0.1, -0.05) is 18.2 Å². The fourth-order valence-corrected chi connectivity index (χ4v) is 3.30. The Kier molecular flexibility index (Phi) is 4.22. The number of fused-ring (bicyclic) bond motifs is 1. The number of aromatic amines is 2. The number of nitrogens with one attached hydrogen (secondary N) is 2. The normalized spacial score (nSPS) is 15.2. The van der Waals surface area contributed by atoms with Gasteiger partial charge in [-0.05, 0) is 35.8 Å². The first kappa shape index (κ1) is 16.4. The van der Waals surface area contributed by atoms with Crippen LogP contribution in [0.2, 0.25) is 0 Å². The van der Waals surface area contributed by atoms with E-state index in [9.17, 15) is 4.79 Å². The third-order valence-electron chi connectivity index (χ3n) is 4.72. The van der Waals surface area contributed by atoms with Crippen LogP contribution in [0.25, 0.3) is 16.6 Å². The highest BCUT2D eigenvalue weighted by molar-refractivity contribution is 5.82. The van der Waals surface area contributed by atoms with Crippen LogP contribution < -0.4 is 16.0 Å². The quantitative estimate of drug-likeness (QED) is 0.669. The summed E-state index contributed by atoms with van der Waals surface area (Å²) < 4.78 is 5.20. The van der Waals surface area contributed by atoms with Crippen molar-refractivity contribution in [2.24, 2.45) is 0 Å². The lowest BCUT2D eigenvalue weighted by atomic mass is 10.0. The molecule has 3 aromatic rings. The highest BCUT2D eigenvalue weighted by Crippen LogP contribution is 2.24. The van der Waals surface area contributed by atoms with Gasteiger partial charge in [-0.25, -0.2) is 0 Å². The average Bonchev–Trinajstić information content (AvgIpc) is 3.07. The molecule has 3 heterocycles. The van der Waals surface area contributed by atoms with Gasteiger partial charge >= 0.3 is 0 Å². The number of hydrogen-bond donors (Lipinski definition) is 3. The van der Waals surface area contributed by atoms with Crippen molar-refractivity contribution < 1.29 is 4.74 Å². The Labute approximate surface area is 150 Å². The van der Waals surface area contributed by atoms with Crippen LogP contribution in [0.5, 0.6) is 5.75 Å². The fraction of sp³-hybridized carbons (Fsp3) is 0.263. The lowest BCUT2D eigenvalue weighted by Crippen LogP contribution is -2.28. The second kappa shape index (κ2) is 6.68. The van der Waals surface area contributed by atoms with Crippen LogP contribution in [0.3, 0.4) is 0 Å². The third-order valence-corrected chi connectivity index (χ3v) is 4.72. The van der Waals surface area contributed by atoms with Crippen molar-refractivity contribution >= 4 is 22.6 Å². The first-order chi connectivity index (χ1) is 12.6. The van der Waals surface area contributed by atoms with E-state index in [2.05, 4.69) is 38.1 Å². The number of ether oxygens (including phenoxy) is 1. The predicted octanol–water partition coefficient (Wildman–Crippen LogP) is 2.13. The molecule has 1 aliphatic rings. The SMILES string of the molecule is COc1ccc(CN2CC=C(c3cc4c(=O)[nH]c(N)nc4[nH]3)CC2)cc1. The lowest BCUT2D eigenvalue weighted by Gasteiger charge is -2.26. The Hall–Kier alpha value is -3.06. The Balaban J connectivity index is 1.48. The molecular formula is C19H21N5O2. The van der Waals surface area contributed by atoms with Crippen LogP contribution in [0.15, 0.2) is 41.2 Å². The van der Waals surface area contributed by atoms with Crippen LogP contribution in [-0.2, 0) is 6.54 Å². The smallest absolute Gasteiger partial charge is 0.261 e. The number of anilines is 1. The molecule has 0 saturated carbocycles. The van der Waals surface area contributed by atoms with E-state index >= 15 is 0 Å². The molecule has 26 heavy (non-hydrogen) atoms. The maximum Gasteiger partial charge on any atom is 0.261 e. The van der Waals surface area contributed by atoms with Gasteiger partial charge in [0.1, 0.15) is 11.4 Å². The molecule has 0 unspecified atom stereocenters. The number of nitrogens with zero attached hydrogens (tertiary/aromatic N) is 2. The number of nitrogens with two attached hydrogens (primary N) is 1. The number of nitrogen functional groups attached to an aromatic ring is 1. The van der Waals surface area contributed by atoms with Gasteiger partial charge in [0.15, 0.2) is 0 Å². The van der Waals surface area contributed by atoms with Crippen molar-refractivity contribution in [1.29, 1.82) is 0 Å². The molecule has 0 radical (unpaired) electrons. The molecule has 2 aromatic heterocycles. The molecule has 0 bridgehead atoms. The first-order valence-electron chi connectivity index (χ1n) is 8.55. The van der Waals surface area contributed by atoms with Crippen LogP contribution in [0.4, 0.5) is 5.95 Å². The van der Waals surface area contributed by atoms with Gasteiger partial charge < -0.3 is 15.5 Å². The molecule has 0 atom stereocenters. The molecule has 0 spiro atoms. The number of H-pyrrole nitrogens is 2. The van der Waals surface area contributed by atoms with Crippen LogP contribution in [0, 0.1) is 0 Å². The summed E-state index contributed by atoms with van der Waals surface area (Å²) >= 11 is 0. The molecule has 7 heteroatoms. The molecule has 4 N–H and O–H groups in total. The molecule has 1 aliphatic heterocycles. The molecule has 4 rings (SSSR count). The van der Waals surface area contributed by atoms with E-state index in [0.29, 0.717) is 11.0 Å². The van der Waals surface area contributed by atoms with Crippen molar-refractivity contribution in [2.75, 3.05) is 25.9 Å². The summed E-state index contributed by atoms with van der Waals surface area (Å²) in [5.74, 6) is 0.997. The van der Waals surface area contributed by atoms with E-state index < -0.39 is 0 Å². The van der Waals surface area contributed by atoms with Crippen molar-refractivity contribution in [2.45, 2.75) is 13.0 Å². The first-order valence-corrected chi connectivity index (χ1v) is 8.55. The fourth-order valence-electron chi connectivity index (χ4n) is 3.30. The van der Waals surface area contributed by atoms with Gasteiger partial charge in [0.05, 0.1) is 12.5 Å². The molecule has 0 amide bonds. The summed E-state index contributed by atoms with van der Waals surface area (Å²) in [7, 11) is 1.67. The molecule has 0 saturated heterocycles. The highest BCUT2D eigenvalue weighted by Gasteiger charge is 2.16. The van der Waals surface area contributed by atoms with Crippen molar-refractivity contribution in [1.82, 2.24) is 19.9 Å². The maximum absolute atomic E-state index is 12.0. The summed E-state index contributed by atoms with van der Waals surface area (Å²) in [6, 6.07) is 10.0. The minimum Gasteiger partial charge on any atom is -0.497 e. The van der Waals surface area contributed by atoms with Crippen molar-refractivity contribution in [3.8, 4) is 5.75 Å². The molecular weight excluding hydrogens is 330 g/mol. The van der Waals surface area contributed by atoms with E-state index in [-0.39, 0.29) is 11.5 Å². The molecule has 0 fully saturated rings. The average molecular weight is 351 g/mol. The largest absolute Gasteiger partial charge is 0.497 e. The Bertz CT molecular complexity index is 1020. The zero-order valence-electron chi connectivity index (χ0n) is 14.6. The Morgan fingerprint density at radius 3 is 2.77 bits per heavy atom. The number of aromatic nitrogens is 3. The summed E-state index contributed by atoms with van der Waals surface area (Å²) in [5.41, 5.74) is 9.32. The predicted molar refractivity (Wildman–Crippen MR) is 102 cm³/mol. The van der Waals surface area contributed by atoms with Crippen LogP contribution in [0.1, 0.15) is 17.7 Å². The van der Waals surface area contributed by atoms with Gasteiger partial charge in [0, 0.05) is 25.3 Å². The number of methoxy groups -OCH3 is 1. The van der Waals surface area contributed by atoms with E-state index in [1.54, 1.807) is 7.11 Å². The van der Waals surface area contributed by atoms with Gasteiger partial charge in [-0.3, -0.25) is 14.7 Å². The number of hydrogen-bond acceptors (Lipinski definition) is 5. The Morgan fingerprint density at radius 2 is 2.08 bits per heavy atom. The Morgan fingerprint density at radius 1 is 1.27 bits per heavy atom. The number of rotatable bonds is 4. The standard InChI is InChI=1S/C19H21N5O2/c1-26-14-4-2-12(3-5-14)11-24-8-6-13(7-9-24)16-10-15-17(21-16)22-19(20)23-18(15)25/h2-6,10H,7-9,11H2,1H3,(H4,20,21,22,23,25). The van der Waals surface area contributed by atoms with Gasteiger partial charge in [-0.2, -0.15) is 4.98 Å². The highest BCUT2D eigenvalue weighted by atomic mass is 16.5. The molecule has 7 nitrogen and oxygen atoms in total. The topological polar surface area (TPSA) is 100 Å². The number of benzene rings is 1. The van der Waals surface area contributed by atoms with Crippen LogP contribution >= 0.6 is 0 Å². The maximum atomic E-state index is 12.0. The van der Waals surface area contributed by atoms with E-state index in [1.807, 2.05) is 18.2 Å². The molecule has 134 valence electrons. The summed E-state index contributed by atoms with van der Waals surface area (Å²) in [6.07, 6.45) is 3.12. The second-order valence-corrected chi connectivity index (χ2v) is 6.46. The van der Waals surface area contributed by atoms with Crippen LogP contribution in [-0.4, -0.2) is 40.1 Å². The summed E-state index contributed by atoms with van der Waals surface area (Å²) in [4.78, 5) is 24.2. The molecule has 0 aliphatic carbocycles. The molecule has 1 aromatic carbocycles. The van der Waals surface area contributed by atoms with E-state index in [1.165, 1.54) is 11.1 Å². The lowest BCUT2D eigenvalue weighted by molar-refractivity contribution is 0.293.